The SMILES string of the molecule is CCCCC1=NS(=O)(=O)c2cc(C)c(Cl)cc2N1. The molecule has 0 amide bonds. The summed E-state index contributed by atoms with van der Waals surface area (Å²) in [7, 11) is -3.59. The number of fused-ring (bicyclic) bond motifs is 1. The third-order valence-electron chi connectivity index (χ3n) is 2.82. The summed E-state index contributed by atoms with van der Waals surface area (Å²) in [4.78, 5) is 0.199. The van der Waals surface area contributed by atoms with Gasteiger partial charge in [-0.05, 0) is 31.0 Å². The Labute approximate surface area is 112 Å². The van der Waals surface area contributed by atoms with Crippen LogP contribution in [0.25, 0.3) is 0 Å². The van der Waals surface area contributed by atoms with Crippen molar-refractivity contribution in [2.45, 2.75) is 38.0 Å². The first kappa shape index (κ1) is 13.4. The second-order valence-electron chi connectivity index (χ2n) is 4.34. The van der Waals surface area contributed by atoms with Crippen molar-refractivity contribution in [3.63, 3.8) is 0 Å². The number of rotatable bonds is 3. The van der Waals surface area contributed by atoms with Crippen molar-refractivity contribution in [2.75, 3.05) is 5.32 Å². The highest BCUT2D eigenvalue weighted by molar-refractivity contribution is 7.90. The van der Waals surface area contributed by atoms with E-state index in [1.807, 2.05) is 6.92 Å². The highest BCUT2D eigenvalue weighted by atomic mass is 35.5. The number of hydrogen-bond donors (Lipinski definition) is 1. The van der Waals surface area contributed by atoms with Crippen LogP contribution in [-0.2, 0) is 10.0 Å². The molecule has 2 rings (SSSR count). The first-order valence-electron chi connectivity index (χ1n) is 5.85. The molecule has 0 unspecified atom stereocenters. The van der Waals surface area contributed by atoms with Crippen LogP contribution in [0.5, 0.6) is 0 Å². The van der Waals surface area contributed by atoms with Crippen molar-refractivity contribution in [1.82, 2.24) is 0 Å². The molecule has 1 heterocycles. The van der Waals surface area contributed by atoms with E-state index in [-0.39, 0.29) is 4.90 Å². The highest BCUT2D eigenvalue weighted by Gasteiger charge is 2.25. The molecule has 0 aliphatic carbocycles. The number of halogens is 1. The van der Waals surface area contributed by atoms with Crippen molar-refractivity contribution in [3.05, 3.63) is 22.7 Å². The van der Waals surface area contributed by atoms with Crippen molar-refractivity contribution in [2.24, 2.45) is 4.40 Å². The number of sulfonamides is 1. The fourth-order valence-electron chi connectivity index (χ4n) is 1.79. The van der Waals surface area contributed by atoms with E-state index in [2.05, 4.69) is 9.71 Å². The average molecular weight is 287 g/mol. The molecule has 6 heteroatoms. The third kappa shape index (κ3) is 2.52. The van der Waals surface area contributed by atoms with E-state index in [4.69, 9.17) is 11.6 Å². The van der Waals surface area contributed by atoms with E-state index in [0.29, 0.717) is 23.0 Å². The number of nitrogens with zero attached hydrogens (tertiary/aromatic N) is 1. The van der Waals surface area contributed by atoms with Gasteiger partial charge in [0, 0.05) is 11.4 Å². The number of benzene rings is 1. The van der Waals surface area contributed by atoms with Crippen LogP contribution in [-0.4, -0.2) is 14.3 Å². The fourth-order valence-corrected chi connectivity index (χ4v) is 3.19. The number of anilines is 1. The number of nitrogens with one attached hydrogen (secondary N) is 1. The largest absolute Gasteiger partial charge is 0.342 e. The van der Waals surface area contributed by atoms with Gasteiger partial charge >= 0.3 is 0 Å². The van der Waals surface area contributed by atoms with Gasteiger partial charge in [0.25, 0.3) is 10.0 Å². The Hall–Kier alpha value is -1.07. The zero-order valence-electron chi connectivity index (χ0n) is 10.3. The number of hydrogen-bond acceptors (Lipinski definition) is 3. The predicted molar refractivity (Wildman–Crippen MR) is 74.0 cm³/mol. The van der Waals surface area contributed by atoms with Crippen LogP contribution in [0.2, 0.25) is 5.02 Å². The number of aryl methyl sites for hydroxylation is 1. The Morgan fingerprint density at radius 3 is 2.78 bits per heavy atom. The lowest BCUT2D eigenvalue weighted by Gasteiger charge is -2.19. The molecule has 1 aliphatic heterocycles. The summed E-state index contributed by atoms with van der Waals surface area (Å²) in [5.74, 6) is 0.490. The topological polar surface area (TPSA) is 58.5 Å². The molecule has 1 aliphatic rings. The molecule has 18 heavy (non-hydrogen) atoms. The van der Waals surface area contributed by atoms with Crippen LogP contribution in [0, 0.1) is 6.92 Å². The highest BCUT2D eigenvalue weighted by Crippen LogP contribution is 2.32. The zero-order valence-corrected chi connectivity index (χ0v) is 11.9. The van der Waals surface area contributed by atoms with Crippen molar-refractivity contribution in [3.8, 4) is 0 Å². The van der Waals surface area contributed by atoms with Crippen molar-refractivity contribution in [1.29, 1.82) is 0 Å². The second kappa shape index (κ2) is 4.90. The van der Waals surface area contributed by atoms with E-state index in [9.17, 15) is 8.42 Å². The maximum absolute atomic E-state index is 12.0. The molecule has 4 nitrogen and oxygen atoms in total. The van der Waals surface area contributed by atoms with Gasteiger partial charge in [-0.3, -0.25) is 0 Å². The van der Waals surface area contributed by atoms with Gasteiger partial charge < -0.3 is 5.32 Å². The average Bonchev–Trinajstić information content (AvgIpc) is 2.28. The molecule has 0 atom stereocenters. The Balaban J connectivity index is 2.45. The summed E-state index contributed by atoms with van der Waals surface area (Å²) in [6.45, 7) is 3.82. The van der Waals surface area contributed by atoms with Crippen LogP contribution in [0.1, 0.15) is 31.7 Å². The van der Waals surface area contributed by atoms with Gasteiger partial charge in [-0.15, -0.1) is 4.40 Å². The van der Waals surface area contributed by atoms with Gasteiger partial charge in [-0.25, -0.2) is 0 Å². The first-order chi connectivity index (χ1) is 8.44. The first-order valence-corrected chi connectivity index (χ1v) is 7.67. The van der Waals surface area contributed by atoms with Gasteiger partial charge in [-0.2, -0.15) is 8.42 Å². The quantitative estimate of drug-likeness (QED) is 0.927. The summed E-state index contributed by atoms with van der Waals surface area (Å²) >= 11 is 6.02. The van der Waals surface area contributed by atoms with E-state index in [1.54, 1.807) is 19.1 Å². The van der Waals surface area contributed by atoms with Gasteiger partial charge in [0.1, 0.15) is 10.7 Å². The molecule has 0 saturated heterocycles. The van der Waals surface area contributed by atoms with Crippen LogP contribution < -0.4 is 5.32 Å². The molecule has 0 aromatic heterocycles. The number of unbranched alkanes of at least 4 members (excludes halogenated alkanes) is 1. The molecule has 1 N–H and O–H groups in total. The maximum atomic E-state index is 12.0. The van der Waals surface area contributed by atoms with E-state index in [0.717, 1.165) is 18.4 Å². The minimum absolute atomic E-state index is 0.199. The van der Waals surface area contributed by atoms with Gasteiger partial charge in [-0.1, -0.05) is 24.9 Å². The lowest BCUT2D eigenvalue weighted by molar-refractivity contribution is 0.597. The zero-order chi connectivity index (χ0) is 13.3. The van der Waals surface area contributed by atoms with Crippen LogP contribution in [0.3, 0.4) is 0 Å². The van der Waals surface area contributed by atoms with E-state index < -0.39 is 10.0 Å². The lowest BCUT2D eigenvalue weighted by atomic mass is 10.2. The molecule has 98 valence electrons. The van der Waals surface area contributed by atoms with Crippen LogP contribution in [0.15, 0.2) is 21.4 Å². The van der Waals surface area contributed by atoms with Gasteiger partial charge in [0.2, 0.25) is 0 Å². The monoisotopic (exact) mass is 286 g/mol. The van der Waals surface area contributed by atoms with E-state index >= 15 is 0 Å². The van der Waals surface area contributed by atoms with Gasteiger partial charge in [0.05, 0.1) is 5.69 Å². The Kier molecular flexibility index (Phi) is 3.64. The smallest absolute Gasteiger partial charge is 0.286 e. The fraction of sp³-hybridized carbons (Fsp3) is 0.417. The summed E-state index contributed by atoms with van der Waals surface area (Å²) in [5, 5.41) is 3.59. The van der Waals surface area contributed by atoms with Crippen molar-refractivity contribution < 1.29 is 8.42 Å². The summed E-state index contributed by atoms with van der Waals surface area (Å²) in [6, 6.07) is 3.20. The summed E-state index contributed by atoms with van der Waals surface area (Å²) in [5.41, 5.74) is 1.25. The molecular weight excluding hydrogens is 272 g/mol. The minimum atomic E-state index is -3.59. The standard InChI is InChI=1S/C12H15ClN2O2S/c1-3-4-5-12-14-10-7-9(13)8(2)6-11(10)18(16,17)15-12/h6-7H,3-5H2,1-2H3,(H,14,15). The molecule has 1 aromatic carbocycles. The molecule has 1 aromatic rings. The Morgan fingerprint density at radius 2 is 2.11 bits per heavy atom. The molecule has 0 bridgehead atoms. The molecule has 0 saturated carbocycles. The Morgan fingerprint density at radius 1 is 1.39 bits per heavy atom. The Bertz CT molecular complexity index is 609. The van der Waals surface area contributed by atoms with Crippen molar-refractivity contribution >= 4 is 33.1 Å². The predicted octanol–water partition coefficient (Wildman–Crippen LogP) is 3.35. The maximum Gasteiger partial charge on any atom is 0.286 e. The van der Waals surface area contributed by atoms with E-state index in [1.165, 1.54) is 0 Å². The summed E-state index contributed by atoms with van der Waals surface area (Å²) < 4.78 is 27.9. The molecule has 0 fully saturated rings. The second-order valence-corrected chi connectivity index (χ2v) is 6.32. The molecule has 0 spiro atoms. The lowest BCUT2D eigenvalue weighted by Crippen LogP contribution is -2.21. The number of amidine groups is 1. The molecular formula is C12H15ClN2O2S. The normalized spacial score (nSPS) is 16.7. The van der Waals surface area contributed by atoms with Gasteiger partial charge in [0.15, 0.2) is 0 Å². The van der Waals surface area contributed by atoms with Crippen LogP contribution in [0.4, 0.5) is 5.69 Å². The third-order valence-corrected chi connectivity index (χ3v) is 4.58. The minimum Gasteiger partial charge on any atom is -0.342 e. The molecule has 0 radical (unpaired) electrons. The van der Waals surface area contributed by atoms with Crippen LogP contribution >= 0.6 is 11.6 Å². The summed E-state index contributed by atoms with van der Waals surface area (Å²) in [6.07, 6.45) is 2.51.